The Morgan fingerprint density at radius 3 is 2.50 bits per heavy atom. The molecule has 0 aliphatic heterocycles. The third-order valence-corrected chi connectivity index (χ3v) is 10.6. The van der Waals surface area contributed by atoms with E-state index in [0.29, 0.717) is 10.8 Å². The normalized spacial score (nSPS) is 46.5. The first kappa shape index (κ1) is 21.0. The van der Waals surface area contributed by atoms with E-state index < -0.39 is 0 Å². The van der Waals surface area contributed by atoms with E-state index in [1.165, 1.54) is 70.6 Å². The van der Waals surface area contributed by atoms with Gasteiger partial charge in [0.1, 0.15) is 0 Å². The summed E-state index contributed by atoms with van der Waals surface area (Å²) in [6, 6.07) is 0. The average Bonchev–Trinajstić information content (AvgIpc) is 2.99. The average molecular weight is 385 g/mol. The molecule has 28 heavy (non-hydrogen) atoms. The van der Waals surface area contributed by atoms with Crippen LogP contribution in [0.3, 0.4) is 0 Å². The molecule has 0 aromatic rings. The summed E-state index contributed by atoms with van der Waals surface area (Å²) in [6.07, 6.45) is 19.0. The second kappa shape index (κ2) is 7.77. The molecular weight excluding hydrogens is 336 g/mol. The van der Waals surface area contributed by atoms with Crippen molar-refractivity contribution in [3.05, 3.63) is 11.6 Å². The predicted molar refractivity (Wildman–Crippen MR) is 122 cm³/mol. The van der Waals surface area contributed by atoms with Crippen molar-refractivity contribution in [2.75, 3.05) is 0 Å². The molecule has 0 heterocycles. The van der Waals surface area contributed by atoms with Gasteiger partial charge in [-0.15, -0.1) is 0 Å². The lowest BCUT2D eigenvalue weighted by Gasteiger charge is -2.58. The van der Waals surface area contributed by atoms with Crippen LogP contribution in [0.2, 0.25) is 0 Å². The molecule has 0 bridgehead atoms. The van der Waals surface area contributed by atoms with Gasteiger partial charge in [0.15, 0.2) is 0 Å². The Morgan fingerprint density at radius 1 is 0.964 bits per heavy atom. The molecule has 4 aliphatic carbocycles. The number of hydrogen-bond acceptors (Lipinski definition) is 0. The van der Waals surface area contributed by atoms with Crippen molar-refractivity contribution in [3.8, 4) is 0 Å². The Morgan fingerprint density at radius 2 is 1.75 bits per heavy atom. The quantitative estimate of drug-likeness (QED) is 0.416. The lowest BCUT2D eigenvalue weighted by molar-refractivity contribution is -0.0523. The van der Waals surface area contributed by atoms with E-state index in [0.717, 1.165) is 41.4 Å². The molecule has 0 heteroatoms. The highest BCUT2D eigenvalue weighted by Crippen LogP contribution is 2.67. The molecule has 0 aromatic carbocycles. The Balaban J connectivity index is 1.49. The standard InChI is InChI=1S/C28H48/c1-19(2)8-7-9-21(4)24-12-13-25-23-11-10-22-18-20(3)14-16-27(22,5)26(23)15-17-28(24,25)6/h10,19-21,23-26H,7-9,11-18H2,1-6H3/t20?,21-,23?,24-,25?,26?,27+,28-/m1/s1. The first-order valence-corrected chi connectivity index (χ1v) is 12.9. The number of hydrogen-bond donors (Lipinski definition) is 0. The molecule has 0 saturated heterocycles. The van der Waals surface area contributed by atoms with Crippen molar-refractivity contribution >= 4 is 0 Å². The van der Waals surface area contributed by atoms with Gasteiger partial charge in [0.2, 0.25) is 0 Å². The molecule has 0 N–H and O–H groups in total. The fraction of sp³-hybridized carbons (Fsp3) is 0.929. The Bertz CT molecular complexity index is 585. The molecule has 160 valence electrons. The zero-order valence-electron chi connectivity index (χ0n) is 19.9. The van der Waals surface area contributed by atoms with Crippen molar-refractivity contribution in [3.63, 3.8) is 0 Å². The van der Waals surface area contributed by atoms with Gasteiger partial charge in [-0.3, -0.25) is 0 Å². The SMILES string of the molecule is CC(C)CCC[C@@H](C)[C@H]1CCC2C3CC=C4CC(C)CC[C@]4(C)C3CC[C@@]21C. The van der Waals surface area contributed by atoms with Crippen molar-refractivity contribution in [1.29, 1.82) is 0 Å². The summed E-state index contributed by atoms with van der Waals surface area (Å²) in [5.41, 5.74) is 3.06. The van der Waals surface area contributed by atoms with Gasteiger partial charge in [-0.2, -0.15) is 0 Å². The summed E-state index contributed by atoms with van der Waals surface area (Å²) in [5.74, 6) is 6.73. The molecule has 0 spiro atoms. The summed E-state index contributed by atoms with van der Waals surface area (Å²) < 4.78 is 0. The topological polar surface area (TPSA) is 0 Å². The van der Waals surface area contributed by atoms with Gasteiger partial charge >= 0.3 is 0 Å². The summed E-state index contributed by atoms with van der Waals surface area (Å²) in [4.78, 5) is 0. The molecule has 8 atom stereocenters. The van der Waals surface area contributed by atoms with Crippen LogP contribution in [0.1, 0.15) is 112 Å². The van der Waals surface area contributed by atoms with Crippen LogP contribution in [0.15, 0.2) is 11.6 Å². The second-order valence-electron chi connectivity index (χ2n) is 12.6. The number of rotatable bonds is 5. The second-order valence-corrected chi connectivity index (χ2v) is 12.6. The summed E-state index contributed by atoms with van der Waals surface area (Å²) in [7, 11) is 0. The number of allylic oxidation sites excluding steroid dienone is 2. The highest BCUT2D eigenvalue weighted by molar-refractivity contribution is 5.25. The van der Waals surface area contributed by atoms with Crippen LogP contribution in [0.4, 0.5) is 0 Å². The van der Waals surface area contributed by atoms with Crippen LogP contribution in [0, 0.1) is 52.3 Å². The summed E-state index contributed by atoms with van der Waals surface area (Å²) in [6.45, 7) is 15.3. The van der Waals surface area contributed by atoms with Gasteiger partial charge in [-0.05, 0) is 104 Å². The van der Waals surface area contributed by atoms with Crippen molar-refractivity contribution < 1.29 is 0 Å². The molecule has 0 radical (unpaired) electrons. The highest BCUT2D eigenvalue weighted by Gasteiger charge is 2.58. The molecule has 4 aliphatic rings. The monoisotopic (exact) mass is 384 g/mol. The fourth-order valence-corrected chi connectivity index (χ4v) is 8.87. The lowest BCUT2D eigenvalue weighted by Crippen LogP contribution is -2.50. The van der Waals surface area contributed by atoms with Crippen LogP contribution >= 0.6 is 0 Å². The van der Waals surface area contributed by atoms with Crippen molar-refractivity contribution in [2.24, 2.45) is 52.3 Å². The fourth-order valence-electron chi connectivity index (χ4n) is 8.87. The minimum Gasteiger partial charge on any atom is -0.0845 e. The zero-order valence-corrected chi connectivity index (χ0v) is 19.9. The maximum atomic E-state index is 2.75. The van der Waals surface area contributed by atoms with E-state index in [1.54, 1.807) is 0 Å². The molecular formula is C28H48. The third-order valence-electron chi connectivity index (χ3n) is 10.6. The number of fused-ring (bicyclic) bond motifs is 5. The predicted octanol–water partition coefficient (Wildman–Crippen LogP) is 8.66. The maximum Gasteiger partial charge on any atom is -0.00851 e. The summed E-state index contributed by atoms with van der Waals surface area (Å²) >= 11 is 0. The Hall–Kier alpha value is -0.260. The van der Waals surface area contributed by atoms with E-state index in [1.807, 2.05) is 5.57 Å². The Labute approximate surface area is 176 Å². The van der Waals surface area contributed by atoms with Gasteiger partial charge in [0.05, 0.1) is 0 Å². The molecule has 4 rings (SSSR count). The van der Waals surface area contributed by atoms with Crippen LogP contribution in [-0.4, -0.2) is 0 Å². The Kier molecular flexibility index (Phi) is 5.83. The molecule has 0 nitrogen and oxygen atoms in total. The van der Waals surface area contributed by atoms with E-state index in [-0.39, 0.29) is 0 Å². The molecule has 0 amide bonds. The highest BCUT2D eigenvalue weighted by atomic mass is 14.6. The van der Waals surface area contributed by atoms with Crippen LogP contribution < -0.4 is 0 Å². The first-order chi connectivity index (χ1) is 13.3. The van der Waals surface area contributed by atoms with E-state index in [9.17, 15) is 0 Å². The zero-order chi connectivity index (χ0) is 20.1. The maximum absolute atomic E-state index is 2.75. The van der Waals surface area contributed by atoms with Crippen molar-refractivity contribution in [2.45, 2.75) is 112 Å². The lowest BCUT2D eigenvalue weighted by atomic mass is 9.46. The van der Waals surface area contributed by atoms with Crippen LogP contribution in [-0.2, 0) is 0 Å². The van der Waals surface area contributed by atoms with E-state index >= 15 is 0 Å². The minimum atomic E-state index is 0.553. The van der Waals surface area contributed by atoms with Gasteiger partial charge in [-0.1, -0.05) is 72.5 Å². The van der Waals surface area contributed by atoms with Gasteiger partial charge in [0, 0.05) is 0 Å². The van der Waals surface area contributed by atoms with Gasteiger partial charge in [-0.25, -0.2) is 0 Å². The smallest absolute Gasteiger partial charge is 0.00851 e. The van der Waals surface area contributed by atoms with Gasteiger partial charge < -0.3 is 0 Å². The van der Waals surface area contributed by atoms with Gasteiger partial charge in [0.25, 0.3) is 0 Å². The molecule has 0 aromatic heterocycles. The first-order valence-electron chi connectivity index (χ1n) is 12.9. The summed E-state index contributed by atoms with van der Waals surface area (Å²) in [5, 5.41) is 0. The van der Waals surface area contributed by atoms with Crippen LogP contribution in [0.5, 0.6) is 0 Å². The molecule has 3 fully saturated rings. The third kappa shape index (κ3) is 3.43. The van der Waals surface area contributed by atoms with Crippen LogP contribution in [0.25, 0.3) is 0 Å². The largest absolute Gasteiger partial charge is 0.0845 e. The molecule has 3 saturated carbocycles. The minimum absolute atomic E-state index is 0.553. The van der Waals surface area contributed by atoms with Crippen molar-refractivity contribution in [1.82, 2.24) is 0 Å². The molecule has 4 unspecified atom stereocenters. The van der Waals surface area contributed by atoms with E-state index in [2.05, 4.69) is 47.6 Å². The van der Waals surface area contributed by atoms with E-state index in [4.69, 9.17) is 0 Å².